The Morgan fingerprint density at radius 3 is 1.45 bits per heavy atom. The maximum atomic E-state index is 12.3. The molecular weight excluding hydrogens is 1250 g/mol. The average molecular weight is 1350 g/mol. The lowest BCUT2D eigenvalue weighted by molar-refractivity contribution is -0.173. The van der Waals surface area contributed by atoms with Crippen LogP contribution in [0.5, 0.6) is 0 Å². The fraction of sp³-hybridized carbons (Fsp3) is 0.786. The van der Waals surface area contributed by atoms with Gasteiger partial charge in [0.05, 0.1) is 76.8 Å². The molecule has 7 aliphatic heterocycles. The number of nitrogens with one attached hydrogen (secondary N) is 1. The lowest BCUT2D eigenvalue weighted by Gasteiger charge is -2.31. The van der Waals surface area contributed by atoms with Gasteiger partial charge in [-0.15, -0.1) is 0 Å². The number of hydrogen-bond acceptors (Lipinski definition) is 25. The van der Waals surface area contributed by atoms with Crippen LogP contribution in [0.1, 0.15) is 207 Å². The van der Waals surface area contributed by atoms with Crippen LogP contribution >= 0.6 is 0 Å². The first kappa shape index (κ1) is 76.4. The first-order valence-corrected chi connectivity index (χ1v) is 34.1. The molecule has 18 atom stereocenters. The van der Waals surface area contributed by atoms with Crippen molar-refractivity contribution in [3.63, 3.8) is 0 Å². The van der Waals surface area contributed by atoms with Crippen molar-refractivity contribution in [2.24, 2.45) is 98.1 Å². The Morgan fingerprint density at radius 2 is 0.896 bits per heavy atom. The van der Waals surface area contributed by atoms with E-state index in [0.29, 0.717) is 69.1 Å². The van der Waals surface area contributed by atoms with E-state index in [1.54, 1.807) is 13.8 Å². The van der Waals surface area contributed by atoms with Gasteiger partial charge < -0.3 is 52.7 Å². The van der Waals surface area contributed by atoms with Gasteiger partial charge in [0.25, 0.3) is 0 Å². The summed E-state index contributed by atoms with van der Waals surface area (Å²) in [5, 5.41) is 3.09. The monoisotopic (exact) mass is 1350 g/mol. The smallest absolute Gasteiger partial charge is 0.355 e. The lowest BCUT2D eigenvalue weighted by Crippen LogP contribution is -2.48. The van der Waals surface area contributed by atoms with Gasteiger partial charge in [0.15, 0.2) is 0 Å². The van der Waals surface area contributed by atoms with Crippen LogP contribution in [-0.2, 0) is 119 Å². The number of methoxy groups -OCH3 is 1. The third kappa shape index (κ3) is 16.4. The Kier molecular flexibility index (Phi) is 23.9. The summed E-state index contributed by atoms with van der Waals surface area (Å²) < 4.78 is 49.1. The number of fused-ring (bicyclic) bond motifs is 16. The summed E-state index contributed by atoms with van der Waals surface area (Å²) in [6.07, 6.45) is 8.36. The van der Waals surface area contributed by atoms with E-state index in [4.69, 9.17) is 23.7 Å². The van der Waals surface area contributed by atoms with Crippen molar-refractivity contribution in [1.82, 2.24) is 5.32 Å². The van der Waals surface area contributed by atoms with Gasteiger partial charge in [0, 0.05) is 24.3 Å². The average Bonchev–Trinajstić information content (AvgIpc) is 1.58. The van der Waals surface area contributed by atoms with Crippen molar-refractivity contribution < 1.29 is 119 Å². The summed E-state index contributed by atoms with van der Waals surface area (Å²) >= 11 is 0. The zero-order valence-electron chi connectivity index (χ0n) is 58.4. The Hall–Kier alpha value is -6.99. The minimum absolute atomic E-state index is 0.0121. The summed E-state index contributed by atoms with van der Waals surface area (Å²) in [7, 11) is 1.42. The molecule has 534 valence electrons. The molecule has 12 rings (SSSR count). The zero-order valence-corrected chi connectivity index (χ0v) is 58.4. The van der Waals surface area contributed by atoms with Gasteiger partial charge in [-0.2, -0.15) is 0 Å². The van der Waals surface area contributed by atoms with E-state index in [1.165, 1.54) is 13.5 Å². The highest BCUT2D eigenvalue weighted by molar-refractivity contribution is 6.00. The molecule has 5 aliphatic carbocycles. The highest BCUT2D eigenvalue weighted by Gasteiger charge is 2.67. The molecule has 0 spiro atoms. The second kappa shape index (κ2) is 30.0. The van der Waals surface area contributed by atoms with Crippen molar-refractivity contribution in [2.75, 3.05) is 7.11 Å². The molecule has 1 N–H and O–H groups in total. The number of rotatable bonds is 14. The Morgan fingerprint density at radius 1 is 0.417 bits per heavy atom. The van der Waals surface area contributed by atoms with Gasteiger partial charge >= 0.3 is 83.6 Å². The minimum atomic E-state index is -1.06. The van der Waals surface area contributed by atoms with Crippen molar-refractivity contribution >= 4 is 89.5 Å². The van der Waals surface area contributed by atoms with E-state index in [0.717, 1.165) is 38.5 Å². The highest BCUT2D eigenvalue weighted by atomic mass is 16.6. The molecular formula is C70H99NO25. The van der Waals surface area contributed by atoms with Crippen molar-refractivity contribution in [3.05, 3.63) is 0 Å². The highest BCUT2D eigenvalue weighted by Crippen LogP contribution is 2.57. The number of cyclic esters (lactones) is 10. The maximum Gasteiger partial charge on any atom is 0.355 e. The summed E-state index contributed by atoms with van der Waals surface area (Å²) in [4.78, 5) is 173. The molecule has 7 saturated heterocycles. The van der Waals surface area contributed by atoms with Crippen molar-refractivity contribution in [1.29, 1.82) is 0 Å². The van der Waals surface area contributed by atoms with Gasteiger partial charge in [-0.05, 0) is 168 Å². The van der Waals surface area contributed by atoms with E-state index < -0.39 is 99.5 Å². The molecule has 7 heterocycles. The van der Waals surface area contributed by atoms with Crippen LogP contribution in [0.25, 0.3) is 0 Å². The summed E-state index contributed by atoms with van der Waals surface area (Å²) in [5.41, 5.74) is -2.43. The van der Waals surface area contributed by atoms with Crippen molar-refractivity contribution in [2.45, 2.75) is 243 Å². The third-order valence-corrected chi connectivity index (χ3v) is 22.7. The minimum Gasteiger partial charge on any atom is -0.469 e. The molecule has 0 aromatic carbocycles. The number of esters is 14. The second-order valence-electron chi connectivity index (χ2n) is 30.8. The Balaban J connectivity index is 0.000000165. The third-order valence-electron chi connectivity index (χ3n) is 22.7. The molecule has 12 aliphatic rings. The predicted molar refractivity (Wildman–Crippen MR) is 331 cm³/mol. The van der Waals surface area contributed by atoms with E-state index in [2.05, 4.69) is 29.0 Å². The second-order valence-corrected chi connectivity index (χ2v) is 30.8. The fourth-order valence-electron chi connectivity index (χ4n) is 14.4. The largest absolute Gasteiger partial charge is 0.469 e. The van der Waals surface area contributed by atoms with Gasteiger partial charge in [-0.3, -0.25) is 67.1 Å². The molecule has 5 saturated carbocycles. The molecule has 96 heavy (non-hydrogen) atoms. The molecule has 26 heteroatoms. The number of ether oxygens (including phenoxy) is 10. The number of carbonyl (C=O) groups is 15. The fourth-order valence-corrected chi connectivity index (χ4v) is 14.4. The van der Waals surface area contributed by atoms with Crippen LogP contribution in [-0.4, -0.2) is 133 Å². The molecule has 12 fully saturated rings. The molecule has 0 aromatic heterocycles. The van der Waals surface area contributed by atoms with Crippen molar-refractivity contribution in [3.8, 4) is 0 Å². The summed E-state index contributed by atoms with van der Waals surface area (Å²) in [5.74, 6) is -6.43. The molecule has 1 amide bonds. The molecule has 0 radical (unpaired) electrons. The Bertz CT molecular complexity index is 2990. The zero-order chi connectivity index (χ0) is 71.6. The van der Waals surface area contributed by atoms with Gasteiger partial charge in [-0.25, -0.2) is 4.79 Å². The molecule has 6 bridgehead atoms. The van der Waals surface area contributed by atoms with Crippen LogP contribution in [0.15, 0.2) is 0 Å². The maximum absolute atomic E-state index is 12.3. The normalized spacial score (nSPS) is 33.1. The number of amides is 1. The quantitative estimate of drug-likeness (QED) is 0.100. The molecule has 26 nitrogen and oxygen atoms in total. The molecule has 18 unspecified atom stereocenters. The van der Waals surface area contributed by atoms with Crippen LogP contribution in [0.2, 0.25) is 0 Å². The summed E-state index contributed by atoms with van der Waals surface area (Å²) in [6.45, 7) is 28.0. The van der Waals surface area contributed by atoms with E-state index in [-0.39, 0.29) is 113 Å². The van der Waals surface area contributed by atoms with E-state index in [9.17, 15) is 71.9 Å². The number of carbonyl (C=O) groups excluding carboxylic acids is 15. The van der Waals surface area contributed by atoms with Crippen LogP contribution in [0, 0.1) is 98.1 Å². The van der Waals surface area contributed by atoms with Crippen LogP contribution in [0.4, 0.5) is 0 Å². The van der Waals surface area contributed by atoms with Gasteiger partial charge in [0.2, 0.25) is 12.0 Å². The van der Waals surface area contributed by atoms with Crippen LogP contribution < -0.4 is 5.32 Å². The summed E-state index contributed by atoms with van der Waals surface area (Å²) in [6, 6.07) is 0.0121. The SMILES string of the molecule is CCC(C)(C)C(=O)NC1CC2CC1C1C(=O)OC(=O)C21.CCC(C)(C)C(=O)OC.CCC(C)(C)C(=O)OC1CC(=O)OC1=O.CCC(C)(C)C(=O)OC1CC2OC1C1C(=O)OC(=O)C21.CCC(C)(C)C(=O)OC1CCC2C(=O)OC(=O)C2C1.O=C1CC2C3CCC(C3)C2C(=O)O1. The first-order valence-electron chi connectivity index (χ1n) is 34.1. The Labute approximate surface area is 560 Å². The van der Waals surface area contributed by atoms with E-state index >= 15 is 0 Å². The van der Waals surface area contributed by atoms with Crippen LogP contribution in [0.3, 0.4) is 0 Å². The van der Waals surface area contributed by atoms with Gasteiger partial charge in [-0.1, -0.05) is 48.5 Å². The number of hydrogen-bond donors (Lipinski definition) is 1. The van der Waals surface area contributed by atoms with Gasteiger partial charge in [0.1, 0.15) is 24.2 Å². The topological polar surface area (TPSA) is 360 Å². The predicted octanol–water partition coefficient (Wildman–Crippen LogP) is 7.44. The first-order chi connectivity index (χ1) is 44.7. The lowest BCUT2D eigenvalue weighted by atomic mass is 9.76. The molecule has 0 aromatic rings. The standard InChI is InChI=1S/C15H21NO4.C14H18O6.C14H20O5.C10H14O5.C10H12O3.C7H14O2/c1-4-15(2,3)14(19)16-9-6-7-5-8(9)11-10(7)12(17)20-13(11)18;1-4-14(2,3)13(17)19-7-5-6-8-9(10(7)18-6)12(16)20-11(8)15;1-4-14(2,3)13(17)18-8-5-6-9-10(7-8)12(16)19-11(9)15;1-4-10(2,3)9(13)14-6-5-7(11)15-8(6)12;11-8-4-7-5-1-2-6(3-5)9(7)10(12)13-8;1-5-7(2,3)6(8)9-4/h7-11H,4-6H2,1-3H3,(H,16,19);6-10H,4-5H2,1-3H3;8-10H,4-7H2,1-3H3;6H,4-5H2,1-3H3;5-7,9H,1-4H2;5H2,1-4H3. The van der Waals surface area contributed by atoms with E-state index in [1.807, 2.05) is 90.0 Å².